The van der Waals surface area contributed by atoms with Gasteiger partial charge in [-0.2, -0.15) is 0 Å². The van der Waals surface area contributed by atoms with Crippen molar-refractivity contribution in [3.8, 4) is 0 Å². The molecular weight excluding hydrogens is 254 g/mol. The fourth-order valence-electron chi connectivity index (χ4n) is 4.34. The number of hydrogen-bond donors (Lipinski definition) is 1. The van der Waals surface area contributed by atoms with Crippen molar-refractivity contribution in [1.29, 1.82) is 0 Å². The highest BCUT2D eigenvalue weighted by molar-refractivity contribution is 4.89. The van der Waals surface area contributed by atoms with Crippen LogP contribution in [0.25, 0.3) is 0 Å². The first-order chi connectivity index (χ1) is 9.79. The summed E-state index contributed by atoms with van der Waals surface area (Å²) in [4.78, 5) is 0. The summed E-state index contributed by atoms with van der Waals surface area (Å²) in [5.74, 6) is 4.47. The Morgan fingerprint density at radius 2 is 1.67 bits per heavy atom. The molecule has 3 unspecified atom stereocenters. The lowest BCUT2D eigenvalue weighted by Crippen LogP contribution is -2.40. The van der Waals surface area contributed by atoms with Crippen LogP contribution < -0.4 is 5.32 Å². The van der Waals surface area contributed by atoms with E-state index in [1.165, 1.54) is 45.2 Å². The fourth-order valence-corrected chi connectivity index (χ4v) is 4.34. The lowest BCUT2D eigenvalue weighted by atomic mass is 9.61. The molecule has 21 heavy (non-hydrogen) atoms. The van der Waals surface area contributed by atoms with Crippen LogP contribution in [0.5, 0.6) is 0 Å². The molecule has 0 aromatic heterocycles. The van der Waals surface area contributed by atoms with E-state index in [0.29, 0.717) is 5.41 Å². The molecule has 1 nitrogen and oxygen atoms in total. The Kier molecular flexibility index (Phi) is 7.74. The molecule has 3 atom stereocenters. The Hall–Kier alpha value is -0.0400. The van der Waals surface area contributed by atoms with Crippen molar-refractivity contribution in [2.45, 2.75) is 80.6 Å². The van der Waals surface area contributed by atoms with E-state index in [-0.39, 0.29) is 0 Å². The Labute approximate surface area is 134 Å². The monoisotopic (exact) mass is 295 g/mol. The van der Waals surface area contributed by atoms with Gasteiger partial charge in [-0.3, -0.25) is 0 Å². The zero-order valence-electron chi connectivity index (χ0n) is 15.8. The summed E-state index contributed by atoms with van der Waals surface area (Å²) in [6, 6.07) is 0. The molecular formula is C20H41N. The highest BCUT2D eigenvalue weighted by Gasteiger charge is 2.38. The van der Waals surface area contributed by atoms with Gasteiger partial charge in [0.25, 0.3) is 0 Å². The van der Waals surface area contributed by atoms with Gasteiger partial charge >= 0.3 is 0 Å². The molecule has 1 N–H and O–H groups in total. The molecule has 126 valence electrons. The normalized spacial score (nSPS) is 27.6. The molecule has 0 heterocycles. The summed E-state index contributed by atoms with van der Waals surface area (Å²) in [6.07, 6.45) is 7.06. The van der Waals surface area contributed by atoms with Crippen molar-refractivity contribution < 1.29 is 0 Å². The van der Waals surface area contributed by atoms with Crippen molar-refractivity contribution in [1.82, 2.24) is 5.32 Å². The van der Waals surface area contributed by atoms with Crippen LogP contribution in [0, 0.1) is 35.0 Å². The standard InChI is InChI=1S/C20H41N/c1-8-16(9-2)19-12-18(20(5,6)7)11-10-17(19)14-21-13-15(3)4/h15-19,21H,8-14H2,1-7H3. The van der Waals surface area contributed by atoms with E-state index in [1.807, 2.05) is 0 Å². The predicted octanol–water partition coefficient (Wildman–Crippen LogP) is 5.75. The molecule has 1 fully saturated rings. The highest BCUT2D eigenvalue weighted by atomic mass is 14.9. The minimum atomic E-state index is 0.487. The topological polar surface area (TPSA) is 12.0 Å². The molecule has 0 spiro atoms. The van der Waals surface area contributed by atoms with Gasteiger partial charge in [-0.1, -0.05) is 61.3 Å². The van der Waals surface area contributed by atoms with E-state index in [1.54, 1.807) is 0 Å². The zero-order valence-corrected chi connectivity index (χ0v) is 15.8. The number of hydrogen-bond acceptors (Lipinski definition) is 1. The molecule has 1 saturated carbocycles. The van der Waals surface area contributed by atoms with Gasteiger partial charge in [0.2, 0.25) is 0 Å². The molecule has 0 aromatic rings. The van der Waals surface area contributed by atoms with E-state index in [2.05, 4.69) is 53.8 Å². The Morgan fingerprint density at radius 1 is 1.05 bits per heavy atom. The van der Waals surface area contributed by atoms with Gasteiger partial charge in [-0.25, -0.2) is 0 Å². The molecule has 1 aliphatic rings. The van der Waals surface area contributed by atoms with Crippen LogP contribution in [0.15, 0.2) is 0 Å². The fraction of sp³-hybridized carbons (Fsp3) is 1.00. The maximum Gasteiger partial charge on any atom is -0.00176 e. The lowest BCUT2D eigenvalue weighted by Gasteiger charge is -2.45. The molecule has 0 aliphatic heterocycles. The third kappa shape index (κ3) is 5.93. The summed E-state index contributed by atoms with van der Waals surface area (Å²) < 4.78 is 0. The Balaban J connectivity index is 2.68. The van der Waals surface area contributed by atoms with Gasteiger partial charge in [0.1, 0.15) is 0 Å². The molecule has 0 amide bonds. The maximum atomic E-state index is 3.74. The van der Waals surface area contributed by atoms with E-state index >= 15 is 0 Å². The minimum absolute atomic E-state index is 0.487. The summed E-state index contributed by atoms with van der Waals surface area (Å²) in [6.45, 7) is 19.2. The van der Waals surface area contributed by atoms with Gasteiger partial charge < -0.3 is 5.32 Å². The first-order valence-corrected chi connectivity index (χ1v) is 9.50. The average Bonchev–Trinajstić information content (AvgIpc) is 2.40. The molecule has 0 aromatic carbocycles. The van der Waals surface area contributed by atoms with Crippen LogP contribution in [0.3, 0.4) is 0 Å². The smallest absolute Gasteiger partial charge is 0.00176 e. The van der Waals surface area contributed by atoms with Crippen molar-refractivity contribution in [2.75, 3.05) is 13.1 Å². The van der Waals surface area contributed by atoms with Gasteiger partial charge in [0, 0.05) is 0 Å². The molecule has 1 aliphatic carbocycles. The molecule has 1 heteroatoms. The second-order valence-corrected chi connectivity index (χ2v) is 8.93. The average molecular weight is 296 g/mol. The van der Waals surface area contributed by atoms with Crippen molar-refractivity contribution in [3.05, 3.63) is 0 Å². The van der Waals surface area contributed by atoms with E-state index in [0.717, 1.165) is 29.6 Å². The SMILES string of the molecule is CCC(CC)C1CC(C(C)(C)C)CCC1CNCC(C)C. The summed E-state index contributed by atoms with van der Waals surface area (Å²) in [7, 11) is 0. The summed E-state index contributed by atoms with van der Waals surface area (Å²) in [5.41, 5.74) is 0.487. The van der Waals surface area contributed by atoms with Gasteiger partial charge in [-0.05, 0) is 67.4 Å². The quantitative estimate of drug-likeness (QED) is 0.631. The molecule has 0 saturated heterocycles. The van der Waals surface area contributed by atoms with Crippen molar-refractivity contribution in [2.24, 2.45) is 35.0 Å². The first-order valence-electron chi connectivity index (χ1n) is 9.50. The predicted molar refractivity (Wildman–Crippen MR) is 95.6 cm³/mol. The number of rotatable bonds is 7. The number of nitrogens with one attached hydrogen (secondary N) is 1. The largest absolute Gasteiger partial charge is 0.316 e. The van der Waals surface area contributed by atoms with Crippen molar-refractivity contribution in [3.63, 3.8) is 0 Å². The third-order valence-electron chi connectivity index (χ3n) is 5.89. The third-order valence-corrected chi connectivity index (χ3v) is 5.89. The van der Waals surface area contributed by atoms with Gasteiger partial charge in [0.05, 0.1) is 0 Å². The molecule has 0 radical (unpaired) electrons. The van der Waals surface area contributed by atoms with Crippen LogP contribution in [-0.2, 0) is 0 Å². The molecule has 1 rings (SSSR count). The van der Waals surface area contributed by atoms with Crippen LogP contribution in [0.1, 0.15) is 80.6 Å². The van der Waals surface area contributed by atoms with Crippen LogP contribution in [0.4, 0.5) is 0 Å². The first kappa shape index (κ1) is 19.0. The van der Waals surface area contributed by atoms with Gasteiger partial charge in [-0.15, -0.1) is 0 Å². The van der Waals surface area contributed by atoms with Crippen LogP contribution in [-0.4, -0.2) is 13.1 Å². The van der Waals surface area contributed by atoms with Crippen molar-refractivity contribution >= 4 is 0 Å². The second kappa shape index (κ2) is 8.56. The van der Waals surface area contributed by atoms with E-state index in [9.17, 15) is 0 Å². The van der Waals surface area contributed by atoms with E-state index in [4.69, 9.17) is 0 Å². The Bertz CT molecular complexity index is 272. The maximum absolute atomic E-state index is 3.74. The minimum Gasteiger partial charge on any atom is -0.316 e. The Morgan fingerprint density at radius 3 is 2.14 bits per heavy atom. The van der Waals surface area contributed by atoms with Gasteiger partial charge in [0.15, 0.2) is 0 Å². The highest BCUT2D eigenvalue weighted by Crippen LogP contribution is 2.46. The lowest BCUT2D eigenvalue weighted by molar-refractivity contribution is 0.0603. The van der Waals surface area contributed by atoms with E-state index < -0.39 is 0 Å². The molecule has 0 bridgehead atoms. The zero-order chi connectivity index (χ0) is 16.0. The summed E-state index contributed by atoms with van der Waals surface area (Å²) in [5, 5.41) is 3.74. The second-order valence-electron chi connectivity index (χ2n) is 8.93. The van der Waals surface area contributed by atoms with Crippen LogP contribution >= 0.6 is 0 Å². The van der Waals surface area contributed by atoms with Crippen LogP contribution in [0.2, 0.25) is 0 Å². The summed E-state index contributed by atoms with van der Waals surface area (Å²) >= 11 is 0.